The van der Waals surface area contributed by atoms with E-state index < -0.39 is 11.4 Å². The molecule has 2 rings (SSSR count). The van der Waals surface area contributed by atoms with Gasteiger partial charge in [0.15, 0.2) is 5.78 Å². The normalized spacial score (nSPS) is 26.1. The van der Waals surface area contributed by atoms with E-state index in [-0.39, 0.29) is 24.2 Å². The summed E-state index contributed by atoms with van der Waals surface area (Å²) in [4.78, 5) is 24.5. The molecule has 1 fully saturated rings. The summed E-state index contributed by atoms with van der Waals surface area (Å²) >= 11 is 5.86. The van der Waals surface area contributed by atoms with Crippen molar-refractivity contribution < 1.29 is 19.4 Å². The number of ketones is 1. The Morgan fingerprint density at radius 3 is 2.64 bits per heavy atom. The highest BCUT2D eigenvalue weighted by atomic mass is 35.5. The molecular weight excluding hydrogens is 304 g/mol. The van der Waals surface area contributed by atoms with Crippen LogP contribution < -0.4 is 0 Å². The van der Waals surface area contributed by atoms with E-state index in [0.717, 1.165) is 5.56 Å². The van der Waals surface area contributed by atoms with Crippen LogP contribution in [0, 0.1) is 11.3 Å². The first-order valence-electron chi connectivity index (χ1n) is 7.44. The Balaban J connectivity index is 2.15. The molecule has 0 heterocycles. The van der Waals surface area contributed by atoms with Gasteiger partial charge in [0.2, 0.25) is 0 Å². The number of halogens is 1. The van der Waals surface area contributed by atoms with E-state index in [2.05, 4.69) is 0 Å². The first-order chi connectivity index (χ1) is 10.4. The number of aliphatic carboxylic acids is 1. The molecule has 0 aliphatic heterocycles. The van der Waals surface area contributed by atoms with E-state index in [1.807, 2.05) is 12.1 Å². The van der Waals surface area contributed by atoms with Crippen LogP contribution in [0.25, 0.3) is 0 Å². The van der Waals surface area contributed by atoms with Crippen molar-refractivity contribution in [1.29, 1.82) is 0 Å². The number of hydrogen-bond donors (Lipinski definition) is 1. The Morgan fingerprint density at radius 1 is 1.45 bits per heavy atom. The molecule has 0 saturated heterocycles. The van der Waals surface area contributed by atoms with Gasteiger partial charge in [0, 0.05) is 18.1 Å². The van der Waals surface area contributed by atoms with Crippen LogP contribution in [0.5, 0.6) is 0 Å². The molecule has 0 radical (unpaired) electrons. The number of carboxylic acids is 1. The van der Waals surface area contributed by atoms with Gasteiger partial charge in [0.05, 0.1) is 6.10 Å². The zero-order valence-corrected chi connectivity index (χ0v) is 13.6. The lowest BCUT2D eigenvalue weighted by Crippen LogP contribution is -2.40. The Morgan fingerprint density at radius 2 is 2.09 bits per heavy atom. The average Bonchev–Trinajstić information content (AvgIpc) is 2.80. The predicted octanol–water partition coefficient (Wildman–Crippen LogP) is 3.36. The number of hydrogen-bond acceptors (Lipinski definition) is 3. The van der Waals surface area contributed by atoms with Crippen LogP contribution in [0.3, 0.4) is 0 Å². The fourth-order valence-corrected chi connectivity index (χ4v) is 3.37. The summed E-state index contributed by atoms with van der Waals surface area (Å²) in [5, 5.41) is 10.3. The van der Waals surface area contributed by atoms with Crippen molar-refractivity contribution in [3.63, 3.8) is 0 Å². The van der Waals surface area contributed by atoms with E-state index in [4.69, 9.17) is 16.3 Å². The smallest absolute Gasteiger partial charge is 0.317 e. The number of benzene rings is 1. The van der Waals surface area contributed by atoms with Crippen molar-refractivity contribution in [2.24, 2.45) is 11.3 Å². The lowest BCUT2D eigenvalue weighted by atomic mass is 9.78. The number of carbonyl (C=O) groups excluding carboxylic acids is 1. The second kappa shape index (κ2) is 6.80. The Labute approximate surface area is 135 Å². The fraction of sp³-hybridized carbons (Fsp3) is 0.529. The molecule has 1 aliphatic rings. The highest BCUT2D eigenvalue weighted by molar-refractivity contribution is 6.30. The number of carboxylic acid groups (broad SMARTS) is 1. The highest BCUT2D eigenvalue weighted by Gasteiger charge is 2.53. The van der Waals surface area contributed by atoms with Crippen LogP contribution in [0.1, 0.15) is 31.7 Å². The predicted molar refractivity (Wildman–Crippen MR) is 84.0 cm³/mol. The molecular formula is C17H21ClO4. The molecule has 1 N–H and O–H groups in total. The largest absolute Gasteiger partial charge is 0.480 e. The fourth-order valence-electron chi connectivity index (χ4n) is 3.24. The molecule has 22 heavy (non-hydrogen) atoms. The van der Waals surface area contributed by atoms with E-state index in [1.165, 1.54) is 7.11 Å². The molecule has 0 spiro atoms. The molecule has 0 bridgehead atoms. The minimum Gasteiger partial charge on any atom is -0.480 e. The number of rotatable bonds is 6. The number of ether oxygens (including phenoxy) is 1. The summed E-state index contributed by atoms with van der Waals surface area (Å²) in [5.74, 6) is -1.44. The van der Waals surface area contributed by atoms with Crippen LogP contribution in [-0.2, 0) is 20.7 Å². The topological polar surface area (TPSA) is 63.6 Å². The van der Waals surface area contributed by atoms with Gasteiger partial charge in [0.25, 0.3) is 0 Å². The summed E-state index contributed by atoms with van der Waals surface area (Å²) in [5.41, 5.74) is -0.296. The van der Waals surface area contributed by atoms with Crippen LogP contribution in [0.15, 0.2) is 24.3 Å². The van der Waals surface area contributed by atoms with Crippen molar-refractivity contribution in [2.45, 2.75) is 38.7 Å². The summed E-state index contributed by atoms with van der Waals surface area (Å²) in [6.45, 7) is 1.80. The first-order valence-corrected chi connectivity index (χ1v) is 7.82. The molecule has 0 amide bonds. The molecule has 1 saturated carbocycles. The van der Waals surface area contributed by atoms with Gasteiger partial charge in [-0.3, -0.25) is 9.59 Å². The second-order valence-corrected chi connectivity index (χ2v) is 6.50. The maximum absolute atomic E-state index is 12.7. The minimum absolute atomic E-state index is 0.168. The van der Waals surface area contributed by atoms with Gasteiger partial charge < -0.3 is 9.84 Å². The quantitative estimate of drug-likeness (QED) is 0.815. The summed E-state index contributed by atoms with van der Waals surface area (Å²) in [6.07, 6.45) is 1.52. The molecule has 3 unspecified atom stereocenters. The zero-order valence-electron chi connectivity index (χ0n) is 12.8. The maximum Gasteiger partial charge on any atom is 0.317 e. The molecule has 1 aromatic carbocycles. The molecule has 3 atom stereocenters. The SMILES string of the molecule is COC(C)CC1(C(=O)O)CCC(Cc2ccc(Cl)cc2)C1=O. The van der Waals surface area contributed by atoms with E-state index in [1.54, 1.807) is 19.1 Å². The van der Waals surface area contributed by atoms with Gasteiger partial charge in [-0.2, -0.15) is 0 Å². The lowest BCUT2D eigenvalue weighted by Gasteiger charge is -2.26. The van der Waals surface area contributed by atoms with Crippen molar-refractivity contribution >= 4 is 23.4 Å². The summed E-state index contributed by atoms with van der Waals surface area (Å²) in [6, 6.07) is 7.34. The van der Waals surface area contributed by atoms with Crippen LogP contribution in [0.2, 0.25) is 5.02 Å². The van der Waals surface area contributed by atoms with Crippen LogP contribution in [0.4, 0.5) is 0 Å². The monoisotopic (exact) mass is 324 g/mol. The van der Waals surface area contributed by atoms with Crippen molar-refractivity contribution in [2.75, 3.05) is 7.11 Å². The van der Waals surface area contributed by atoms with E-state index in [9.17, 15) is 14.7 Å². The second-order valence-electron chi connectivity index (χ2n) is 6.07. The van der Waals surface area contributed by atoms with Gasteiger partial charge in [-0.05, 0) is 50.3 Å². The Kier molecular flexibility index (Phi) is 5.24. The summed E-state index contributed by atoms with van der Waals surface area (Å²) < 4.78 is 5.17. The molecule has 1 aliphatic carbocycles. The maximum atomic E-state index is 12.7. The molecule has 4 nitrogen and oxygen atoms in total. The number of Topliss-reactive ketones (excluding diaryl/α,β-unsaturated/α-hetero) is 1. The Hall–Kier alpha value is -1.39. The number of carbonyl (C=O) groups is 2. The van der Waals surface area contributed by atoms with Gasteiger partial charge in [-0.15, -0.1) is 0 Å². The van der Waals surface area contributed by atoms with Gasteiger partial charge in [0.1, 0.15) is 5.41 Å². The third kappa shape index (κ3) is 3.33. The molecule has 0 aromatic heterocycles. The highest BCUT2D eigenvalue weighted by Crippen LogP contribution is 2.44. The van der Waals surface area contributed by atoms with Gasteiger partial charge in [-0.1, -0.05) is 23.7 Å². The van der Waals surface area contributed by atoms with Crippen molar-refractivity contribution in [1.82, 2.24) is 0 Å². The lowest BCUT2D eigenvalue weighted by molar-refractivity contribution is -0.156. The standard InChI is InChI=1S/C17H21ClO4/c1-11(22-2)10-17(16(20)21)8-7-13(15(17)19)9-12-3-5-14(18)6-4-12/h3-6,11,13H,7-10H2,1-2H3,(H,20,21). The molecule has 1 aromatic rings. The van der Waals surface area contributed by atoms with Crippen LogP contribution in [-0.4, -0.2) is 30.1 Å². The third-order valence-electron chi connectivity index (χ3n) is 4.61. The van der Waals surface area contributed by atoms with Crippen molar-refractivity contribution in [3.05, 3.63) is 34.9 Å². The first kappa shape index (κ1) is 17.0. The Bertz CT molecular complexity index is 554. The van der Waals surface area contributed by atoms with Gasteiger partial charge in [-0.25, -0.2) is 0 Å². The van der Waals surface area contributed by atoms with E-state index >= 15 is 0 Å². The zero-order chi connectivity index (χ0) is 16.3. The van der Waals surface area contributed by atoms with E-state index in [0.29, 0.717) is 24.3 Å². The molecule has 120 valence electrons. The average molecular weight is 325 g/mol. The minimum atomic E-state index is -1.30. The third-order valence-corrected chi connectivity index (χ3v) is 4.86. The van der Waals surface area contributed by atoms with Crippen LogP contribution >= 0.6 is 11.6 Å². The number of methoxy groups -OCH3 is 1. The van der Waals surface area contributed by atoms with Crippen molar-refractivity contribution in [3.8, 4) is 0 Å². The molecule has 5 heteroatoms. The van der Waals surface area contributed by atoms with Gasteiger partial charge >= 0.3 is 5.97 Å². The summed E-state index contributed by atoms with van der Waals surface area (Å²) in [7, 11) is 1.53.